The van der Waals surface area contributed by atoms with Crippen LogP contribution < -0.4 is 5.32 Å². The number of aromatic nitrogens is 2. The Balaban J connectivity index is 2.06. The Labute approximate surface area is 100 Å². The largest absolute Gasteiger partial charge is 0.476 e. The minimum absolute atomic E-state index is 0.0266. The van der Waals surface area contributed by atoms with Crippen LogP contribution in [0, 0.1) is 5.41 Å². The number of hydrogen-bond donors (Lipinski definition) is 2. The Morgan fingerprint density at radius 3 is 2.71 bits per heavy atom. The molecule has 2 N–H and O–H groups in total. The summed E-state index contributed by atoms with van der Waals surface area (Å²) in [7, 11) is 0. The van der Waals surface area contributed by atoms with Crippen molar-refractivity contribution in [3.63, 3.8) is 0 Å². The Morgan fingerprint density at radius 2 is 2.24 bits per heavy atom. The van der Waals surface area contributed by atoms with Crippen LogP contribution in [0.15, 0.2) is 12.1 Å². The van der Waals surface area contributed by atoms with Gasteiger partial charge in [-0.25, -0.2) is 4.79 Å². The Morgan fingerprint density at radius 1 is 1.47 bits per heavy atom. The predicted octanol–water partition coefficient (Wildman–Crippen LogP) is 2.17. The molecule has 1 aromatic rings. The first kappa shape index (κ1) is 11.8. The number of carboxylic acids is 1. The van der Waals surface area contributed by atoms with Gasteiger partial charge >= 0.3 is 5.97 Å². The molecule has 0 radical (unpaired) electrons. The molecular formula is C12H17N3O2. The highest BCUT2D eigenvalue weighted by Crippen LogP contribution is 2.38. The van der Waals surface area contributed by atoms with Crippen molar-refractivity contribution >= 4 is 11.8 Å². The first-order valence-corrected chi connectivity index (χ1v) is 5.82. The van der Waals surface area contributed by atoms with Crippen LogP contribution in [0.3, 0.4) is 0 Å². The van der Waals surface area contributed by atoms with Crippen molar-refractivity contribution in [2.24, 2.45) is 5.41 Å². The van der Waals surface area contributed by atoms with E-state index in [0.29, 0.717) is 11.9 Å². The minimum Gasteiger partial charge on any atom is -0.476 e. The average molecular weight is 235 g/mol. The van der Waals surface area contributed by atoms with Crippen LogP contribution in [0.5, 0.6) is 0 Å². The first-order chi connectivity index (χ1) is 7.99. The molecule has 1 aliphatic rings. The maximum absolute atomic E-state index is 10.6. The fraction of sp³-hybridized carbons (Fsp3) is 0.583. The van der Waals surface area contributed by atoms with E-state index in [-0.39, 0.29) is 11.1 Å². The van der Waals surface area contributed by atoms with Gasteiger partial charge in [0.2, 0.25) is 0 Å². The van der Waals surface area contributed by atoms with E-state index in [9.17, 15) is 4.79 Å². The molecule has 1 heterocycles. The fourth-order valence-electron chi connectivity index (χ4n) is 2.30. The summed E-state index contributed by atoms with van der Waals surface area (Å²) in [5, 5.41) is 19.6. The highest BCUT2D eigenvalue weighted by atomic mass is 16.4. The minimum atomic E-state index is -1.05. The highest BCUT2D eigenvalue weighted by molar-refractivity contribution is 5.85. The van der Waals surface area contributed by atoms with Crippen LogP contribution in [0.1, 0.15) is 43.6 Å². The maximum atomic E-state index is 10.6. The smallest absolute Gasteiger partial charge is 0.356 e. The topological polar surface area (TPSA) is 75.1 Å². The molecule has 1 fully saturated rings. The molecule has 1 unspecified atom stereocenters. The molecule has 0 spiro atoms. The molecule has 5 heteroatoms. The molecule has 1 atom stereocenters. The van der Waals surface area contributed by atoms with Crippen LogP contribution in [0.25, 0.3) is 0 Å². The van der Waals surface area contributed by atoms with E-state index in [2.05, 4.69) is 29.4 Å². The van der Waals surface area contributed by atoms with Gasteiger partial charge in [-0.15, -0.1) is 10.2 Å². The van der Waals surface area contributed by atoms with Crippen LogP contribution in [0.2, 0.25) is 0 Å². The number of hydrogen-bond acceptors (Lipinski definition) is 4. The highest BCUT2D eigenvalue weighted by Gasteiger charge is 2.34. The fourth-order valence-corrected chi connectivity index (χ4v) is 2.30. The number of rotatable bonds is 3. The van der Waals surface area contributed by atoms with E-state index < -0.39 is 5.97 Å². The molecule has 0 amide bonds. The second-order valence-corrected chi connectivity index (χ2v) is 5.19. The lowest BCUT2D eigenvalue weighted by molar-refractivity contribution is 0.0689. The zero-order valence-electron chi connectivity index (χ0n) is 10.1. The van der Waals surface area contributed by atoms with Crippen LogP contribution in [0.4, 0.5) is 5.82 Å². The summed E-state index contributed by atoms with van der Waals surface area (Å²) < 4.78 is 0. The third-order valence-electron chi connectivity index (χ3n) is 3.46. The van der Waals surface area contributed by atoms with Gasteiger partial charge in [0.15, 0.2) is 5.69 Å². The Kier molecular flexibility index (Phi) is 3.00. The standard InChI is InChI=1S/C12H17N3O2/c1-12(2)7-3-4-9(12)13-10-6-5-8(11(16)17)14-15-10/h5-6,9H,3-4,7H2,1-2H3,(H,13,15)(H,16,17). The van der Waals surface area contributed by atoms with Gasteiger partial charge in [-0.05, 0) is 30.4 Å². The monoisotopic (exact) mass is 235 g/mol. The number of aromatic carboxylic acids is 1. The third-order valence-corrected chi connectivity index (χ3v) is 3.46. The summed E-state index contributed by atoms with van der Waals surface area (Å²) in [6.45, 7) is 4.47. The molecule has 0 saturated heterocycles. The van der Waals surface area contributed by atoms with E-state index >= 15 is 0 Å². The van der Waals surface area contributed by atoms with Gasteiger partial charge in [0, 0.05) is 6.04 Å². The maximum Gasteiger partial charge on any atom is 0.356 e. The number of anilines is 1. The summed E-state index contributed by atoms with van der Waals surface area (Å²) in [5.41, 5.74) is 0.230. The second kappa shape index (κ2) is 4.31. The quantitative estimate of drug-likeness (QED) is 0.839. The third kappa shape index (κ3) is 2.54. The molecule has 17 heavy (non-hydrogen) atoms. The molecule has 5 nitrogen and oxygen atoms in total. The van der Waals surface area contributed by atoms with Crippen molar-refractivity contribution in [3.05, 3.63) is 17.8 Å². The van der Waals surface area contributed by atoms with Gasteiger partial charge in [-0.2, -0.15) is 0 Å². The second-order valence-electron chi connectivity index (χ2n) is 5.19. The van der Waals surface area contributed by atoms with Crippen molar-refractivity contribution < 1.29 is 9.90 Å². The molecule has 92 valence electrons. The van der Waals surface area contributed by atoms with Crippen LogP contribution in [-0.2, 0) is 0 Å². The van der Waals surface area contributed by atoms with Gasteiger partial charge in [0.1, 0.15) is 5.82 Å². The summed E-state index contributed by atoms with van der Waals surface area (Å²) in [6, 6.07) is 3.53. The zero-order chi connectivity index (χ0) is 12.5. The number of carbonyl (C=O) groups is 1. The Bertz CT molecular complexity index is 414. The van der Waals surface area contributed by atoms with E-state index in [4.69, 9.17) is 5.11 Å². The van der Waals surface area contributed by atoms with Crippen molar-refractivity contribution in [1.82, 2.24) is 10.2 Å². The summed E-state index contributed by atoms with van der Waals surface area (Å²) in [6.07, 6.45) is 3.53. The van der Waals surface area contributed by atoms with Crippen molar-refractivity contribution in [1.29, 1.82) is 0 Å². The molecule has 1 aliphatic carbocycles. The van der Waals surface area contributed by atoms with Crippen LogP contribution >= 0.6 is 0 Å². The van der Waals surface area contributed by atoms with E-state index in [0.717, 1.165) is 6.42 Å². The molecule has 2 rings (SSSR count). The van der Waals surface area contributed by atoms with E-state index in [1.807, 2.05) is 0 Å². The molecule has 1 aromatic heterocycles. The first-order valence-electron chi connectivity index (χ1n) is 5.82. The summed E-state index contributed by atoms with van der Waals surface area (Å²) in [4.78, 5) is 10.6. The SMILES string of the molecule is CC1(C)CCCC1Nc1ccc(C(=O)O)nn1. The number of carboxylic acid groups (broad SMARTS) is 1. The molecule has 1 saturated carbocycles. The van der Waals surface area contributed by atoms with E-state index in [1.165, 1.54) is 18.9 Å². The van der Waals surface area contributed by atoms with Gasteiger partial charge < -0.3 is 10.4 Å². The normalized spacial score (nSPS) is 22.4. The van der Waals surface area contributed by atoms with E-state index in [1.54, 1.807) is 6.07 Å². The number of nitrogens with one attached hydrogen (secondary N) is 1. The molecule has 0 aromatic carbocycles. The lowest BCUT2D eigenvalue weighted by Gasteiger charge is -2.27. The predicted molar refractivity (Wildman–Crippen MR) is 64.0 cm³/mol. The lowest BCUT2D eigenvalue weighted by atomic mass is 9.87. The molecular weight excluding hydrogens is 218 g/mol. The van der Waals surface area contributed by atoms with Gasteiger partial charge in [-0.1, -0.05) is 20.3 Å². The Hall–Kier alpha value is -1.65. The zero-order valence-corrected chi connectivity index (χ0v) is 10.1. The molecule has 0 aliphatic heterocycles. The lowest BCUT2D eigenvalue weighted by Crippen LogP contribution is -2.31. The van der Waals surface area contributed by atoms with Gasteiger partial charge in [0.25, 0.3) is 0 Å². The molecule has 0 bridgehead atoms. The van der Waals surface area contributed by atoms with Crippen LogP contribution in [-0.4, -0.2) is 27.3 Å². The van der Waals surface area contributed by atoms with Gasteiger partial charge in [0.05, 0.1) is 0 Å². The number of nitrogens with zero attached hydrogens (tertiary/aromatic N) is 2. The average Bonchev–Trinajstić information content (AvgIpc) is 2.59. The summed E-state index contributed by atoms with van der Waals surface area (Å²) in [5.74, 6) is -0.403. The summed E-state index contributed by atoms with van der Waals surface area (Å²) >= 11 is 0. The van der Waals surface area contributed by atoms with Crippen molar-refractivity contribution in [3.8, 4) is 0 Å². The van der Waals surface area contributed by atoms with Crippen molar-refractivity contribution in [2.45, 2.75) is 39.2 Å². The van der Waals surface area contributed by atoms with Gasteiger partial charge in [-0.3, -0.25) is 0 Å². The van der Waals surface area contributed by atoms with Crippen molar-refractivity contribution in [2.75, 3.05) is 5.32 Å².